The summed E-state index contributed by atoms with van der Waals surface area (Å²) in [5.74, 6) is -0.894. The second-order valence-corrected chi connectivity index (χ2v) is 5.67. The Balaban J connectivity index is 1.76. The van der Waals surface area contributed by atoms with Gasteiger partial charge in [0.1, 0.15) is 5.75 Å². The lowest BCUT2D eigenvalue weighted by atomic mass is 10.1. The number of hydrogen-bond acceptors (Lipinski definition) is 4. The largest absolute Gasteiger partial charge is 0.508 e. The van der Waals surface area contributed by atoms with E-state index in [0.29, 0.717) is 11.1 Å². The lowest BCUT2D eigenvalue weighted by Crippen LogP contribution is -2.14. The van der Waals surface area contributed by atoms with Gasteiger partial charge in [-0.25, -0.2) is 4.79 Å². The first-order chi connectivity index (χ1) is 11.5. The standard InChI is InChI=1S/C19H17NO4/c1-11-7-8-13(9-16(11)21)19(23)24-10-17(22)18-12(2)20-15-6-4-3-5-14(15)18/h3-9,20-21H,10H2,1-2H3. The van der Waals surface area contributed by atoms with Crippen molar-refractivity contribution in [3.63, 3.8) is 0 Å². The highest BCUT2D eigenvalue weighted by Gasteiger charge is 2.18. The molecule has 2 N–H and O–H groups in total. The van der Waals surface area contributed by atoms with Crippen LogP contribution in [0.15, 0.2) is 42.5 Å². The van der Waals surface area contributed by atoms with Crippen molar-refractivity contribution in [3.8, 4) is 5.75 Å². The summed E-state index contributed by atoms with van der Waals surface area (Å²) in [6.07, 6.45) is 0. The fraction of sp³-hybridized carbons (Fsp3) is 0.158. The van der Waals surface area contributed by atoms with E-state index >= 15 is 0 Å². The fourth-order valence-corrected chi connectivity index (χ4v) is 2.66. The zero-order valence-electron chi connectivity index (χ0n) is 13.4. The van der Waals surface area contributed by atoms with Crippen molar-refractivity contribution in [1.82, 2.24) is 4.98 Å². The number of para-hydroxylation sites is 1. The minimum Gasteiger partial charge on any atom is -0.508 e. The normalized spacial score (nSPS) is 10.8. The number of aromatic amines is 1. The first kappa shape index (κ1) is 15.8. The first-order valence-electron chi connectivity index (χ1n) is 7.54. The van der Waals surface area contributed by atoms with Crippen LogP contribution >= 0.6 is 0 Å². The minimum absolute atomic E-state index is 0.0169. The number of phenols is 1. The maximum absolute atomic E-state index is 12.5. The molecular weight excluding hydrogens is 306 g/mol. The molecule has 0 fully saturated rings. The Morgan fingerprint density at radius 3 is 2.62 bits per heavy atom. The molecule has 0 saturated heterocycles. The average Bonchev–Trinajstić information content (AvgIpc) is 2.90. The molecule has 5 nitrogen and oxygen atoms in total. The number of H-pyrrole nitrogens is 1. The molecule has 3 rings (SSSR count). The van der Waals surface area contributed by atoms with Crippen LogP contribution in [0.25, 0.3) is 10.9 Å². The second kappa shape index (κ2) is 6.20. The van der Waals surface area contributed by atoms with Gasteiger partial charge in [-0.15, -0.1) is 0 Å². The number of ketones is 1. The number of aromatic hydroxyl groups is 1. The topological polar surface area (TPSA) is 79.4 Å². The van der Waals surface area contributed by atoms with Gasteiger partial charge in [0.25, 0.3) is 0 Å². The number of carbonyl (C=O) groups excluding carboxylic acids is 2. The molecule has 5 heteroatoms. The fourth-order valence-electron chi connectivity index (χ4n) is 2.66. The van der Waals surface area contributed by atoms with Crippen LogP contribution in [0.2, 0.25) is 0 Å². The van der Waals surface area contributed by atoms with Crippen LogP contribution in [-0.4, -0.2) is 28.4 Å². The van der Waals surface area contributed by atoms with E-state index in [0.717, 1.165) is 16.6 Å². The van der Waals surface area contributed by atoms with E-state index in [4.69, 9.17) is 4.74 Å². The summed E-state index contributed by atoms with van der Waals surface area (Å²) in [5.41, 5.74) is 3.02. The Kier molecular flexibility index (Phi) is 4.08. The third kappa shape index (κ3) is 2.88. The zero-order valence-corrected chi connectivity index (χ0v) is 13.4. The third-order valence-corrected chi connectivity index (χ3v) is 3.95. The maximum Gasteiger partial charge on any atom is 0.338 e. The van der Waals surface area contributed by atoms with E-state index in [9.17, 15) is 14.7 Å². The average molecular weight is 323 g/mol. The molecule has 0 aliphatic rings. The summed E-state index contributed by atoms with van der Waals surface area (Å²) in [5, 5.41) is 10.5. The van der Waals surface area contributed by atoms with Crippen LogP contribution in [0.5, 0.6) is 5.75 Å². The number of ether oxygens (including phenoxy) is 1. The van der Waals surface area contributed by atoms with E-state index in [1.54, 1.807) is 19.1 Å². The summed E-state index contributed by atoms with van der Waals surface area (Å²) >= 11 is 0. The van der Waals surface area contributed by atoms with E-state index in [-0.39, 0.29) is 23.7 Å². The van der Waals surface area contributed by atoms with E-state index in [1.165, 1.54) is 6.07 Å². The van der Waals surface area contributed by atoms with Gasteiger partial charge in [0, 0.05) is 22.2 Å². The number of esters is 1. The van der Waals surface area contributed by atoms with Crippen molar-refractivity contribution >= 4 is 22.7 Å². The Hall–Kier alpha value is -3.08. The predicted molar refractivity (Wildman–Crippen MR) is 90.5 cm³/mol. The molecule has 24 heavy (non-hydrogen) atoms. The molecule has 3 aromatic rings. The maximum atomic E-state index is 12.5. The van der Waals surface area contributed by atoms with Crippen molar-refractivity contribution < 1.29 is 19.4 Å². The lowest BCUT2D eigenvalue weighted by Gasteiger charge is -2.06. The monoisotopic (exact) mass is 323 g/mol. The van der Waals surface area contributed by atoms with Gasteiger partial charge in [-0.2, -0.15) is 0 Å². The van der Waals surface area contributed by atoms with E-state index < -0.39 is 5.97 Å². The Morgan fingerprint density at radius 1 is 1.12 bits per heavy atom. The molecule has 122 valence electrons. The summed E-state index contributed by atoms with van der Waals surface area (Å²) in [6.45, 7) is 3.19. The number of carbonyl (C=O) groups is 2. The van der Waals surface area contributed by atoms with Gasteiger partial charge in [-0.3, -0.25) is 4.79 Å². The van der Waals surface area contributed by atoms with Gasteiger partial charge in [0.05, 0.1) is 5.56 Å². The number of rotatable bonds is 4. The lowest BCUT2D eigenvalue weighted by molar-refractivity contribution is 0.0474. The highest BCUT2D eigenvalue weighted by molar-refractivity contribution is 6.10. The molecule has 0 spiro atoms. The van der Waals surface area contributed by atoms with Crippen molar-refractivity contribution in [2.75, 3.05) is 6.61 Å². The SMILES string of the molecule is Cc1ccc(C(=O)OCC(=O)c2c(C)[nH]c3ccccc23)cc1O. The number of aromatic nitrogens is 1. The number of benzene rings is 2. The molecule has 1 heterocycles. The van der Waals surface area contributed by atoms with Gasteiger partial charge in [0.2, 0.25) is 5.78 Å². The Labute approximate surface area is 138 Å². The molecular formula is C19H17NO4. The van der Waals surface area contributed by atoms with E-state index in [2.05, 4.69) is 4.98 Å². The second-order valence-electron chi connectivity index (χ2n) is 5.67. The van der Waals surface area contributed by atoms with Gasteiger partial charge >= 0.3 is 5.97 Å². The molecule has 0 bridgehead atoms. The quantitative estimate of drug-likeness (QED) is 0.568. The molecule has 0 aliphatic carbocycles. The molecule has 2 aromatic carbocycles. The smallest absolute Gasteiger partial charge is 0.338 e. The molecule has 1 aromatic heterocycles. The predicted octanol–water partition coefficient (Wildman–Crippen LogP) is 3.53. The van der Waals surface area contributed by atoms with E-state index in [1.807, 2.05) is 31.2 Å². The summed E-state index contributed by atoms with van der Waals surface area (Å²) in [7, 11) is 0. The number of fused-ring (bicyclic) bond motifs is 1. The van der Waals surface area contributed by atoms with Crippen LogP contribution < -0.4 is 0 Å². The summed E-state index contributed by atoms with van der Waals surface area (Å²) < 4.78 is 5.10. The highest BCUT2D eigenvalue weighted by Crippen LogP contribution is 2.23. The molecule has 0 radical (unpaired) electrons. The van der Waals surface area contributed by atoms with Crippen molar-refractivity contribution in [3.05, 3.63) is 64.8 Å². The van der Waals surface area contributed by atoms with Gasteiger partial charge in [0.15, 0.2) is 6.61 Å². The third-order valence-electron chi connectivity index (χ3n) is 3.95. The first-order valence-corrected chi connectivity index (χ1v) is 7.54. The van der Waals surface area contributed by atoms with Gasteiger partial charge in [-0.1, -0.05) is 24.3 Å². The summed E-state index contributed by atoms with van der Waals surface area (Å²) in [4.78, 5) is 27.6. The number of Topliss-reactive ketones (excluding diaryl/α,β-unsaturated/α-hetero) is 1. The molecule has 0 aliphatic heterocycles. The van der Waals surface area contributed by atoms with Crippen LogP contribution in [0.1, 0.15) is 32.0 Å². The Morgan fingerprint density at radius 2 is 1.88 bits per heavy atom. The van der Waals surface area contributed by atoms with Crippen molar-refractivity contribution in [1.29, 1.82) is 0 Å². The molecule has 0 unspecified atom stereocenters. The Bertz CT molecular complexity index is 940. The van der Waals surface area contributed by atoms with Gasteiger partial charge < -0.3 is 14.8 Å². The number of aryl methyl sites for hydroxylation is 2. The molecule has 0 saturated carbocycles. The van der Waals surface area contributed by atoms with Crippen LogP contribution in [0.4, 0.5) is 0 Å². The van der Waals surface area contributed by atoms with Crippen LogP contribution in [0.3, 0.4) is 0 Å². The minimum atomic E-state index is -0.642. The number of hydrogen-bond donors (Lipinski definition) is 2. The number of phenolic OH excluding ortho intramolecular Hbond substituents is 1. The van der Waals surface area contributed by atoms with Gasteiger partial charge in [-0.05, 0) is 37.6 Å². The highest BCUT2D eigenvalue weighted by atomic mass is 16.5. The van der Waals surface area contributed by atoms with Crippen molar-refractivity contribution in [2.24, 2.45) is 0 Å². The van der Waals surface area contributed by atoms with Crippen LogP contribution in [-0.2, 0) is 4.74 Å². The van der Waals surface area contributed by atoms with Crippen LogP contribution in [0, 0.1) is 13.8 Å². The molecule has 0 amide bonds. The summed E-state index contributed by atoms with van der Waals surface area (Å²) in [6, 6.07) is 12.0. The van der Waals surface area contributed by atoms with Crippen molar-refractivity contribution in [2.45, 2.75) is 13.8 Å². The number of nitrogens with one attached hydrogen (secondary N) is 1. The molecule has 0 atom stereocenters. The zero-order chi connectivity index (χ0) is 17.3.